The molecule has 0 spiro atoms. The number of carbonyl (C=O) groups excluding carboxylic acids is 1. The molecule has 4 heterocycles. The summed E-state index contributed by atoms with van der Waals surface area (Å²) in [5.41, 5.74) is 8.09. The summed E-state index contributed by atoms with van der Waals surface area (Å²) in [6, 6.07) is 6.23. The SMILES string of the molecule is CC(C)n1c([C@H](C)NC(=O)c2c(N)nn3cccnc23)nc2cccc(C#Cc3cnn(C)c3)c2c1=O. The number of nitrogens with zero attached hydrogens (tertiary/aromatic N) is 7. The fourth-order valence-corrected chi connectivity index (χ4v) is 4.25. The molecule has 0 radical (unpaired) electrons. The number of anilines is 1. The summed E-state index contributed by atoms with van der Waals surface area (Å²) in [5, 5.41) is 11.6. The molecule has 3 N–H and O–H groups in total. The quantitative estimate of drug-likeness (QED) is 0.365. The van der Waals surface area contributed by atoms with E-state index in [1.54, 1.807) is 65.2 Å². The summed E-state index contributed by atoms with van der Waals surface area (Å²) < 4.78 is 4.70. The molecule has 5 rings (SSSR count). The Balaban J connectivity index is 1.57. The Labute approximate surface area is 212 Å². The Kier molecular flexibility index (Phi) is 5.93. The smallest absolute Gasteiger partial charge is 0.262 e. The van der Waals surface area contributed by atoms with Crippen molar-refractivity contribution >= 4 is 28.3 Å². The molecule has 11 nitrogen and oxygen atoms in total. The number of aryl methyl sites for hydroxylation is 1. The van der Waals surface area contributed by atoms with Gasteiger partial charge in [0.2, 0.25) is 0 Å². The van der Waals surface area contributed by atoms with Crippen LogP contribution in [0, 0.1) is 11.8 Å². The molecule has 0 saturated heterocycles. The van der Waals surface area contributed by atoms with Gasteiger partial charge in [-0.25, -0.2) is 14.5 Å². The van der Waals surface area contributed by atoms with Gasteiger partial charge < -0.3 is 11.1 Å². The lowest BCUT2D eigenvalue weighted by molar-refractivity contribution is 0.0939. The summed E-state index contributed by atoms with van der Waals surface area (Å²) in [6.07, 6.45) is 6.69. The van der Waals surface area contributed by atoms with E-state index in [9.17, 15) is 9.59 Å². The van der Waals surface area contributed by atoms with E-state index < -0.39 is 11.9 Å². The van der Waals surface area contributed by atoms with Crippen LogP contribution in [0.1, 0.15) is 60.2 Å². The summed E-state index contributed by atoms with van der Waals surface area (Å²) in [6.45, 7) is 5.56. The number of hydrogen-bond acceptors (Lipinski definition) is 7. The van der Waals surface area contributed by atoms with Crippen LogP contribution in [0.2, 0.25) is 0 Å². The summed E-state index contributed by atoms with van der Waals surface area (Å²) >= 11 is 0. The van der Waals surface area contributed by atoms with E-state index in [1.807, 2.05) is 20.9 Å². The zero-order chi connectivity index (χ0) is 26.3. The number of nitrogens with two attached hydrogens (primary N) is 1. The van der Waals surface area contributed by atoms with Crippen molar-refractivity contribution in [3.8, 4) is 11.8 Å². The molecule has 0 bridgehead atoms. The van der Waals surface area contributed by atoms with Gasteiger partial charge in [0.05, 0.1) is 28.7 Å². The molecule has 0 aliphatic rings. The zero-order valence-electron chi connectivity index (χ0n) is 20.8. The molecule has 37 heavy (non-hydrogen) atoms. The van der Waals surface area contributed by atoms with Gasteiger partial charge in [-0.3, -0.25) is 18.8 Å². The number of nitrogen functional groups attached to an aromatic ring is 1. The first-order valence-electron chi connectivity index (χ1n) is 11.7. The Morgan fingerprint density at radius 1 is 1.16 bits per heavy atom. The van der Waals surface area contributed by atoms with Gasteiger partial charge in [-0.2, -0.15) is 5.10 Å². The maximum atomic E-state index is 13.8. The molecule has 186 valence electrons. The van der Waals surface area contributed by atoms with Gasteiger partial charge in [0.25, 0.3) is 11.5 Å². The van der Waals surface area contributed by atoms with E-state index >= 15 is 0 Å². The molecular weight excluding hydrogens is 470 g/mol. The molecule has 4 aromatic heterocycles. The second kappa shape index (κ2) is 9.23. The van der Waals surface area contributed by atoms with Crippen LogP contribution in [0.4, 0.5) is 5.82 Å². The molecular formula is C26H25N9O2. The summed E-state index contributed by atoms with van der Waals surface area (Å²) in [7, 11) is 1.82. The molecule has 11 heteroatoms. The predicted octanol–water partition coefficient (Wildman–Crippen LogP) is 2.23. The van der Waals surface area contributed by atoms with E-state index in [0.29, 0.717) is 27.9 Å². The number of amides is 1. The van der Waals surface area contributed by atoms with Crippen molar-refractivity contribution in [3.05, 3.63) is 81.9 Å². The largest absolute Gasteiger partial charge is 0.381 e. The highest BCUT2D eigenvalue weighted by molar-refractivity contribution is 6.04. The van der Waals surface area contributed by atoms with E-state index in [1.165, 1.54) is 4.52 Å². The first-order valence-corrected chi connectivity index (χ1v) is 11.7. The van der Waals surface area contributed by atoms with Crippen molar-refractivity contribution in [2.24, 2.45) is 7.05 Å². The number of aromatic nitrogens is 7. The number of nitrogens with one attached hydrogen (secondary N) is 1. The Morgan fingerprint density at radius 2 is 1.97 bits per heavy atom. The second-order valence-electron chi connectivity index (χ2n) is 8.93. The summed E-state index contributed by atoms with van der Waals surface area (Å²) in [4.78, 5) is 36.0. The first-order chi connectivity index (χ1) is 17.7. The van der Waals surface area contributed by atoms with Gasteiger partial charge in [-0.1, -0.05) is 17.9 Å². The van der Waals surface area contributed by atoms with Crippen LogP contribution in [0.3, 0.4) is 0 Å². The number of rotatable bonds is 4. The second-order valence-corrected chi connectivity index (χ2v) is 8.93. The molecule has 5 aromatic rings. The molecule has 0 unspecified atom stereocenters. The van der Waals surface area contributed by atoms with Crippen LogP contribution in [0.15, 0.2) is 53.8 Å². The third kappa shape index (κ3) is 4.29. The molecule has 0 aliphatic heterocycles. The van der Waals surface area contributed by atoms with Crippen LogP contribution in [0.25, 0.3) is 16.6 Å². The van der Waals surface area contributed by atoms with Gasteiger partial charge in [-0.15, -0.1) is 5.10 Å². The van der Waals surface area contributed by atoms with E-state index in [4.69, 9.17) is 10.7 Å². The number of hydrogen-bond donors (Lipinski definition) is 2. The zero-order valence-corrected chi connectivity index (χ0v) is 20.8. The minimum Gasteiger partial charge on any atom is -0.381 e. The minimum atomic E-state index is -0.616. The predicted molar refractivity (Wildman–Crippen MR) is 139 cm³/mol. The molecule has 0 aliphatic carbocycles. The van der Waals surface area contributed by atoms with Crippen LogP contribution < -0.4 is 16.6 Å². The molecule has 0 fully saturated rings. The van der Waals surface area contributed by atoms with Gasteiger partial charge >= 0.3 is 0 Å². The molecule has 1 aromatic carbocycles. The summed E-state index contributed by atoms with van der Waals surface area (Å²) in [5.74, 6) is 6.17. The highest BCUT2D eigenvalue weighted by atomic mass is 16.2. The third-order valence-electron chi connectivity index (χ3n) is 5.90. The molecule has 1 amide bonds. The first kappa shape index (κ1) is 23.7. The average molecular weight is 496 g/mol. The topological polar surface area (TPSA) is 138 Å². The number of benzene rings is 1. The fraction of sp³-hybridized carbons (Fsp3) is 0.231. The third-order valence-corrected chi connectivity index (χ3v) is 5.90. The van der Waals surface area contributed by atoms with Gasteiger partial charge in [0.1, 0.15) is 11.4 Å². The van der Waals surface area contributed by atoms with Crippen molar-refractivity contribution in [1.29, 1.82) is 0 Å². The van der Waals surface area contributed by atoms with Gasteiger partial charge in [-0.05, 0) is 39.0 Å². The van der Waals surface area contributed by atoms with E-state index in [0.717, 1.165) is 5.56 Å². The molecule has 0 saturated carbocycles. The van der Waals surface area contributed by atoms with Crippen LogP contribution >= 0.6 is 0 Å². The maximum Gasteiger partial charge on any atom is 0.262 e. The number of carbonyl (C=O) groups is 1. The van der Waals surface area contributed by atoms with E-state index in [2.05, 4.69) is 32.3 Å². The van der Waals surface area contributed by atoms with Crippen molar-refractivity contribution in [2.75, 3.05) is 5.73 Å². The van der Waals surface area contributed by atoms with Crippen molar-refractivity contribution < 1.29 is 4.79 Å². The van der Waals surface area contributed by atoms with Crippen molar-refractivity contribution in [2.45, 2.75) is 32.9 Å². The van der Waals surface area contributed by atoms with Crippen LogP contribution in [-0.4, -0.2) is 39.8 Å². The van der Waals surface area contributed by atoms with Crippen LogP contribution in [-0.2, 0) is 7.05 Å². The van der Waals surface area contributed by atoms with Crippen molar-refractivity contribution in [3.63, 3.8) is 0 Å². The van der Waals surface area contributed by atoms with Crippen LogP contribution in [0.5, 0.6) is 0 Å². The van der Waals surface area contributed by atoms with Gasteiger partial charge in [0, 0.05) is 37.2 Å². The van der Waals surface area contributed by atoms with Crippen molar-refractivity contribution in [1.82, 2.24) is 39.2 Å². The standard InChI is InChI=1S/C26H25N9O2/c1-15(2)35-23(16(3)30-25(36)21-22(27)32-34-12-6-11-28-24(21)34)31-19-8-5-7-18(20(19)26(35)37)10-9-17-13-29-33(4)14-17/h5-8,11-16H,1-4H3,(H2,27,32)(H,30,36)/t16-/m0/s1. The van der Waals surface area contributed by atoms with E-state index in [-0.39, 0.29) is 23.0 Å². The normalized spacial score (nSPS) is 12.0. The molecule has 1 atom stereocenters. The Bertz CT molecular complexity index is 1780. The number of fused-ring (bicyclic) bond motifs is 2. The highest BCUT2D eigenvalue weighted by Crippen LogP contribution is 2.21. The monoisotopic (exact) mass is 495 g/mol. The lowest BCUT2D eigenvalue weighted by atomic mass is 10.1. The highest BCUT2D eigenvalue weighted by Gasteiger charge is 2.25. The minimum absolute atomic E-state index is 0.0629. The Hall–Kier alpha value is -4.98. The lowest BCUT2D eigenvalue weighted by Crippen LogP contribution is -2.35. The fourth-order valence-electron chi connectivity index (χ4n) is 4.25. The van der Waals surface area contributed by atoms with Gasteiger partial charge in [0.15, 0.2) is 11.5 Å². The maximum absolute atomic E-state index is 13.8. The lowest BCUT2D eigenvalue weighted by Gasteiger charge is -2.22. The Morgan fingerprint density at radius 3 is 2.70 bits per heavy atom. The average Bonchev–Trinajstić information content (AvgIpc) is 3.43.